The highest BCUT2D eigenvalue weighted by atomic mass is 19.1. The monoisotopic (exact) mass is 225 g/mol. The number of halogens is 1. The summed E-state index contributed by atoms with van der Waals surface area (Å²) in [4.78, 5) is 5.84. The van der Waals surface area contributed by atoms with Crippen molar-refractivity contribution >= 4 is 5.82 Å². The minimum Gasteiger partial charge on any atom is -0.356 e. The van der Waals surface area contributed by atoms with Crippen LogP contribution < -0.4 is 10.2 Å². The first-order valence-electron chi connectivity index (χ1n) is 5.63. The van der Waals surface area contributed by atoms with Crippen LogP contribution in [0.3, 0.4) is 0 Å². The van der Waals surface area contributed by atoms with Crippen molar-refractivity contribution in [2.75, 3.05) is 31.6 Å². The predicted octanol–water partition coefficient (Wildman–Crippen LogP) is 1.90. The molecule has 0 aliphatic rings. The SMILES string of the molecule is CC(C)CNCCN(C)c1ncccc1F. The van der Waals surface area contributed by atoms with Crippen LogP contribution in [0.4, 0.5) is 10.2 Å². The highest BCUT2D eigenvalue weighted by molar-refractivity contribution is 5.38. The van der Waals surface area contributed by atoms with Gasteiger partial charge in [0.1, 0.15) is 0 Å². The maximum Gasteiger partial charge on any atom is 0.165 e. The Morgan fingerprint density at radius 1 is 1.50 bits per heavy atom. The summed E-state index contributed by atoms with van der Waals surface area (Å²) in [6.45, 7) is 6.90. The Hall–Kier alpha value is -1.16. The van der Waals surface area contributed by atoms with E-state index in [9.17, 15) is 4.39 Å². The third-order valence-corrected chi connectivity index (χ3v) is 2.28. The molecule has 0 bridgehead atoms. The molecule has 0 unspecified atom stereocenters. The summed E-state index contributed by atoms with van der Waals surface area (Å²) < 4.78 is 13.4. The van der Waals surface area contributed by atoms with Gasteiger partial charge in [-0.2, -0.15) is 0 Å². The lowest BCUT2D eigenvalue weighted by atomic mass is 10.2. The van der Waals surface area contributed by atoms with Crippen LogP contribution in [-0.4, -0.2) is 31.7 Å². The van der Waals surface area contributed by atoms with E-state index in [0.29, 0.717) is 11.7 Å². The average Bonchev–Trinajstić information content (AvgIpc) is 2.24. The summed E-state index contributed by atoms with van der Waals surface area (Å²) in [6, 6.07) is 3.03. The molecule has 0 aliphatic heterocycles. The summed E-state index contributed by atoms with van der Waals surface area (Å²) in [7, 11) is 1.85. The second-order valence-corrected chi connectivity index (χ2v) is 4.33. The van der Waals surface area contributed by atoms with Crippen LogP contribution in [0.5, 0.6) is 0 Å². The molecule has 0 saturated heterocycles. The molecular formula is C12H20FN3. The zero-order valence-electron chi connectivity index (χ0n) is 10.2. The van der Waals surface area contributed by atoms with Crippen molar-refractivity contribution < 1.29 is 4.39 Å². The van der Waals surface area contributed by atoms with Crippen LogP contribution >= 0.6 is 0 Å². The number of nitrogens with one attached hydrogen (secondary N) is 1. The van der Waals surface area contributed by atoms with E-state index < -0.39 is 0 Å². The van der Waals surface area contributed by atoms with E-state index in [2.05, 4.69) is 24.1 Å². The van der Waals surface area contributed by atoms with Gasteiger partial charge in [-0.1, -0.05) is 13.8 Å². The number of hydrogen-bond donors (Lipinski definition) is 1. The van der Waals surface area contributed by atoms with Crippen molar-refractivity contribution in [1.29, 1.82) is 0 Å². The van der Waals surface area contributed by atoms with Crippen molar-refractivity contribution in [3.63, 3.8) is 0 Å². The van der Waals surface area contributed by atoms with Gasteiger partial charge in [0.25, 0.3) is 0 Å². The van der Waals surface area contributed by atoms with Gasteiger partial charge in [-0.15, -0.1) is 0 Å². The summed E-state index contributed by atoms with van der Waals surface area (Å²) in [6.07, 6.45) is 1.61. The fourth-order valence-corrected chi connectivity index (χ4v) is 1.40. The molecule has 0 aliphatic carbocycles. The normalized spacial score (nSPS) is 10.8. The Labute approximate surface area is 96.7 Å². The van der Waals surface area contributed by atoms with Crippen LogP contribution in [0.25, 0.3) is 0 Å². The average molecular weight is 225 g/mol. The Kier molecular flexibility index (Phi) is 5.19. The van der Waals surface area contributed by atoms with Gasteiger partial charge in [0.05, 0.1) is 0 Å². The maximum atomic E-state index is 13.4. The van der Waals surface area contributed by atoms with Gasteiger partial charge < -0.3 is 10.2 Å². The number of nitrogens with zero attached hydrogens (tertiary/aromatic N) is 2. The fraction of sp³-hybridized carbons (Fsp3) is 0.583. The predicted molar refractivity (Wildman–Crippen MR) is 65.2 cm³/mol. The van der Waals surface area contributed by atoms with E-state index in [4.69, 9.17) is 0 Å². The number of anilines is 1. The van der Waals surface area contributed by atoms with Crippen molar-refractivity contribution in [1.82, 2.24) is 10.3 Å². The lowest BCUT2D eigenvalue weighted by molar-refractivity contribution is 0.550. The van der Waals surface area contributed by atoms with Crippen molar-refractivity contribution in [2.24, 2.45) is 5.92 Å². The van der Waals surface area contributed by atoms with E-state index in [1.54, 1.807) is 12.3 Å². The zero-order chi connectivity index (χ0) is 12.0. The molecular weight excluding hydrogens is 205 g/mol. The number of likely N-dealkylation sites (N-methyl/N-ethyl adjacent to an activating group) is 1. The summed E-state index contributed by atoms with van der Waals surface area (Å²) in [5.41, 5.74) is 0. The minimum atomic E-state index is -0.270. The highest BCUT2D eigenvalue weighted by Gasteiger charge is 2.07. The van der Waals surface area contributed by atoms with Gasteiger partial charge in [0.15, 0.2) is 11.6 Å². The minimum absolute atomic E-state index is 0.270. The van der Waals surface area contributed by atoms with Gasteiger partial charge in [-0.25, -0.2) is 9.37 Å². The lowest BCUT2D eigenvalue weighted by Crippen LogP contribution is -2.31. The first-order valence-corrected chi connectivity index (χ1v) is 5.63. The largest absolute Gasteiger partial charge is 0.356 e. The van der Waals surface area contributed by atoms with Crippen LogP contribution in [-0.2, 0) is 0 Å². The van der Waals surface area contributed by atoms with Crippen LogP contribution in [0, 0.1) is 11.7 Å². The third-order valence-electron chi connectivity index (χ3n) is 2.28. The smallest absolute Gasteiger partial charge is 0.165 e. The first-order chi connectivity index (χ1) is 7.61. The molecule has 0 atom stereocenters. The molecule has 1 aromatic heterocycles. The highest BCUT2D eigenvalue weighted by Crippen LogP contribution is 2.12. The molecule has 16 heavy (non-hydrogen) atoms. The molecule has 0 amide bonds. The quantitative estimate of drug-likeness (QED) is 0.749. The Morgan fingerprint density at radius 3 is 2.88 bits per heavy atom. The molecule has 1 aromatic rings. The van der Waals surface area contributed by atoms with E-state index in [1.165, 1.54) is 6.07 Å². The second kappa shape index (κ2) is 6.43. The molecule has 0 spiro atoms. The van der Waals surface area contributed by atoms with Crippen molar-refractivity contribution in [3.05, 3.63) is 24.1 Å². The van der Waals surface area contributed by atoms with Crippen molar-refractivity contribution in [2.45, 2.75) is 13.8 Å². The van der Waals surface area contributed by atoms with Gasteiger partial charge in [-0.05, 0) is 24.6 Å². The molecule has 1 N–H and O–H groups in total. The number of rotatable bonds is 6. The maximum absolute atomic E-state index is 13.4. The Bertz CT molecular complexity index is 315. The Morgan fingerprint density at radius 2 is 2.25 bits per heavy atom. The molecule has 4 heteroatoms. The van der Waals surface area contributed by atoms with E-state index in [0.717, 1.165) is 19.6 Å². The first kappa shape index (κ1) is 12.9. The molecule has 1 rings (SSSR count). The van der Waals surface area contributed by atoms with Crippen molar-refractivity contribution in [3.8, 4) is 0 Å². The van der Waals surface area contributed by atoms with E-state index in [1.807, 2.05) is 11.9 Å². The van der Waals surface area contributed by atoms with Gasteiger partial charge in [0.2, 0.25) is 0 Å². The fourth-order valence-electron chi connectivity index (χ4n) is 1.40. The van der Waals surface area contributed by atoms with Crippen LogP contribution in [0.1, 0.15) is 13.8 Å². The number of pyridine rings is 1. The van der Waals surface area contributed by atoms with E-state index in [-0.39, 0.29) is 5.82 Å². The summed E-state index contributed by atoms with van der Waals surface area (Å²) in [5, 5.41) is 3.31. The summed E-state index contributed by atoms with van der Waals surface area (Å²) in [5.74, 6) is 0.777. The van der Waals surface area contributed by atoms with Crippen LogP contribution in [0.15, 0.2) is 18.3 Å². The topological polar surface area (TPSA) is 28.2 Å². The molecule has 0 fully saturated rings. The lowest BCUT2D eigenvalue weighted by Gasteiger charge is -2.19. The standard InChI is InChI=1S/C12H20FN3/c1-10(2)9-14-7-8-16(3)12-11(13)5-4-6-15-12/h4-6,10,14H,7-9H2,1-3H3. The zero-order valence-corrected chi connectivity index (χ0v) is 10.2. The van der Waals surface area contributed by atoms with Gasteiger partial charge in [-0.3, -0.25) is 0 Å². The van der Waals surface area contributed by atoms with Crippen LogP contribution in [0.2, 0.25) is 0 Å². The number of aromatic nitrogens is 1. The molecule has 0 aromatic carbocycles. The molecule has 3 nitrogen and oxygen atoms in total. The second-order valence-electron chi connectivity index (χ2n) is 4.33. The number of hydrogen-bond acceptors (Lipinski definition) is 3. The molecule has 0 saturated carbocycles. The molecule has 1 heterocycles. The van der Waals surface area contributed by atoms with E-state index >= 15 is 0 Å². The van der Waals surface area contributed by atoms with Gasteiger partial charge >= 0.3 is 0 Å². The van der Waals surface area contributed by atoms with Gasteiger partial charge in [0, 0.05) is 26.3 Å². The summed E-state index contributed by atoms with van der Waals surface area (Å²) >= 11 is 0. The third kappa shape index (κ3) is 4.14. The molecule has 90 valence electrons. The Balaban J connectivity index is 2.35. The molecule has 0 radical (unpaired) electrons.